The molecule has 0 aliphatic heterocycles. The Labute approximate surface area is 135 Å². The van der Waals surface area contributed by atoms with Crippen molar-refractivity contribution in [2.24, 2.45) is 5.73 Å². The van der Waals surface area contributed by atoms with Gasteiger partial charge in [0.1, 0.15) is 10.8 Å². The van der Waals surface area contributed by atoms with E-state index in [1.165, 1.54) is 18.2 Å². The van der Waals surface area contributed by atoms with Crippen LogP contribution < -0.4 is 11.1 Å². The quantitative estimate of drug-likeness (QED) is 0.812. The van der Waals surface area contributed by atoms with E-state index in [0.717, 1.165) is 5.56 Å². The molecule has 2 aromatic rings. The zero-order chi connectivity index (χ0) is 15.6. The molecule has 0 fully saturated rings. The van der Waals surface area contributed by atoms with Crippen LogP contribution in [0.4, 0.5) is 10.1 Å². The predicted octanol–water partition coefficient (Wildman–Crippen LogP) is 3.78. The summed E-state index contributed by atoms with van der Waals surface area (Å²) in [5.41, 5.74) is 7.86. The molecule has 0 heterocycles. The van der Waals surface area contributed by atoms with Gasteiger partial charge in [0.15, 0.2) is 0 Å². The van der Waals surface area contributed by atoms with Gasteiger partial charge in [0.25, 0.3) is 5.91 Å². The van der Waals surface area contributed by atoms with Crippen LogP contribution in [0.15, 0.2) is 40.9 Å². The highest BCUT2D eigenvalue weighted by Crippen LogP contribution is 2.24. The number of rotatable bonds is 3. The number of hydrogen-bond donors (Lipinski definition) is 2. The summed E-state index contributed by atoms with van der Waals surface area (Å²) in [6.45, 7) is 1.85. The first-order valence-corrected chi connectivity index (χ1v) is 7.26. The molecular weight excluding hydrogens is 355 g/mol. The second-order valence-corrected chi connectivity index (χ2v) is 5.65. The first kappa shape index (κ1) is 15.6. The Kier molecular flexibility index (Phi) is 4.69. The molecule has 0 atom stereocenters. The summed E-state index contributed by atoms with van der Waals surface area (Å²) >= 11 is 8.08. The Bertz CT molecular complexity index is 734. The molecule has 3 nitrogen and oxygen atoms in total. The molecule has 0 aliphatic carbocycles. The Morgan fingerprint density at radius 3 is 2.62 bits per heavy atom. The van der Waals surface area contributed by atoms with Crippen molar-refractivity contribution in [1.82, 2.24) is 0 Å². The second-order valence-electron chi connectivity index (χ2n) is 4.42. The third-order valence-electron chi connectivity index (χ3n) is 2.96. The van der Waals surface area contributed by atoms with Gasteiger partial charge in [0, 0.05) is 5.56 Å². The highest BCUT2D eigenvalue weighted by molar-refractivity contribution is 9.10. The van der Waals surface area contributed by atoms with Crippen LogP contribution in [0, 0.1) is 12.7 Å². The fourth-order valence-electron chi connectivity index (χ4n) is 1.97. The Morgan fingerprint density at radius 2 is 1.95 bits per heavy atom. The molecule has 0 spiro atoms. The third kappa shape index (κ3) is 3.28. The lowest BCUT2D eigenvalue weighted by Gasteiger charge is -2.13. The molecule has 2 aromatic carbocycles. The smallest absolute Gasteiger partial charge is 0.256 e. The summed E-state index contributed by atoms with van der Waals surface area (Å²) < 4.78 is 13.6. The number of nitrogens with two attached hydrogens (primary N) is 1. The van der Waals surface area contributed by atoms with Crippen LogP contribution in [0.5, 0.6) is 0 Å². The normalized spacial score (nSPS) is 10.2. The average molecular weight is 367 g/mol. The van der Waals surface area contributed by atoms with Gasteiger partial charge in [0.2, 0.25) is 0 Å². The minimum absolute atomic E-state index is 0.118. The van der Waals surface area contributed by atoms with Crippen molar-refractivity contribution in [3.8, 4) is 0 Å². The van der Waals surface area contributed by atoms with Crippen molar-refractivity contribution in [1.29, 1.82) is 0 Å². The van der Waals surface area contributed by atoms with E-state index in [1.54, 1.807) is 12.1 Å². The number of nitrogens with one attached hydrogen (secondary N) is 1. The first-order chi connectivity index (χ1) is 9.91. The number of halogens is 2. The number of anilines is 1. The SMILES string of the molecule is Cc1cccc(NC(=O)c2cccc(F)c2Br)c1C(N)=S. The molecule has 0 saturated carbocycles. The van der Waals surface area contributed by atoms with Gasteiger partial charge in [-0.25, -0.2) is 4.39 Å². The monoisotopic (exact) mass is 366 g/mol. The highest BCUT2D eigenvalue weighted by atomic mass is 79.9. The van der Waals surface area contributed by atoms with Gasteiger partial charge in [-0.05, 0) is 46.6 Å². The van der Waals surface area contributed by atoms with E-state index in [1.807, 2.05) is 13.0 Å². The fourth-order valence-corrected chi connectivity index (χ4v) is 2.68. The zero-order valence-corrected chi connectivity index (χ0v) is 13.5. The summed E-state index contributed by atoms with van der Waals surface area (Å²) in [5.74, 6) is -0.939. The van der Waals surface area contributed by atoms with Gasteiger partial charge >= 0.3 is 0 Å². The lowest BCUT2D eigenvalue weighted by molar-refractivity contribution is 0.102. The molecule has 0 aromatic heterocycles. The summed E-state index contributed by atoms with van der Waals surface area (Å²) in [4.78, 5) is 12.5. The van der Waals surface area contributed by atoms with Crippen molar-refractivity contribution in [3.63, 3.8) is 0 Å². The van der Waals surface area contributed by atoms with Crippen molar-refractivity contribution in [2.75, 3.05) is 5.32 Å². The van der Waals surface area contributed by atoms with Gasteiger partial charge < -0.3 is 11.1 Å². The van der Waals surface area contributed by atoms with Crippen LogP contribution >= 0.6 is 28.1 Å². The van der Waals surface area contributed by atoms with Crippen LogP contribution in [-0.2, 0) is 0 Å². The zero-order valence-electron chi connectivity index (χ0n) is 11.1. The Balaban J connectivity index is 2.39. The van der Waals surface area contributed by atoms with Crippen molar-refractivity contribution >= 4 is 44.7 Å². The van der Waals surface area contributed by atoms with Crippen molar-refractivity contribution in [2.45, 2.75) is 6.92 Å². The molecule has 0 aliphatic rings. The van der Waals surface area contributed by atoms with Crippen LogP contribution in [0.3, 0.4) is 0 Å². The molecule has 21 heavy (non-hydrogen) atoms. The minimum Gasteiger partial charge on any atom is -0.389 e. The first-order valence-electron chi connectivity index (χ1n) is 6.06. The van der Waals surface area contributed by atoms with Gasteiger partial charge in [-0.2, -0.15) is 0 Å². The van der Waals surface area contributed by atoms with E-state index in [2.05, 4.69) is 21.2 Å². The fraction of sp³-hybridized carbons (Fsp3) is 0.0667. The molecule has 108 valence electrons. The van der Waals surface area contributed by atoms with Crippen molar-refractivity contribution in [3.05, 3.63) is 63.4 Å². The predicted molar refractivity (Wildman–Crippen MR) is 89.1 cm³/mol. The van der Waals surface area contributed by atoms with E-state index in [0.29, 0.717) is 11.3 Å². The number of thiocarbonyl (C=S) groups is 1. The van der Waals surface area contributed by atoms with Gasteiger partial charge in [-0.1, -0.05) is 30.4 Å². The maximum atomic E-state index is 13.5. The second kappa shape index (κ2) is 6.32. The average Bonchev–Trinajstić information content (AvgIpc) is 2.41. The van der Waals surface area contributed by atoms with E-state index in [9.17, 15) is 9.18 Å². The van der Waals surface area contributed by atoms with Crippen LogP contribution in [0.1, 0.15) is 21.5 Å². The largest absolute Gasteiger partial charge is 0.389 e. The highest BCUT2D eigenvalue weighted by Gasteiger charge is 2.16. The maximum Gasteiger partial charge on any atom is 0.256 e. The molecule has 0 saturated heterocycles. The van der Waals surface area contributed by atoms with E-state index in [4.69, 9.17) is 18.0 Å². The van der Waals surface area contributed by atoms with Crippen LogP contribution in [-0.4, -0.2) is 10.9 Å². The summed E-state index contributed by atoms with van der Waals surface area (Å²) in [6, 6.07) is 9.61. The molecule has 2 rings (SSSR count). The molecule has 0 radical (unpaired) electrons. The third-order valence-corrected chi connectivity index (χ3v) is 3.97. The maximum absolute atomic E-state index is 13.5. The van der Waals surface area contributed by atoms with Crippen LogP contribution in [0.2, 0.25) is 0 Å². The summed E-state index contributed by atoms with van der Waals surface area (Å²) in [7, 11) is 0. The Morgan fingerprint density at radius 1 is 1.29 bits per heavy atom. The molecule has 0 unspecified atom stereocenters. The number of hydrogen-bond acceptors (Lipinski definition) is 2. The number of amides is 1. The number of carbonyl (C=O) groups excluding carboxylic acids is 1. The molecular formula is C15H12BrFN2OS. The van der Waals surface area contributed by atoms with Gasteiger partial charge in [-0.15, -0.1) is 0 Å². The molecule has 1 amide bonds. The van der Waals surface area contributed by atoms with E-state index >= 15 is 0 Å². The van der Waals surface area contributed by atoms with Crippen LogP contribution in [0.25, 0.3) is 0 Å². The Hall–Kier alpha value is -1.79. The topological polar surface area (TPSA) is 55.1 Å². The molecule has 6 heteroatoms. The van der Waals surface area contributed by atoms with E-state index in [-0.39, 0.29) is 15.0 Å². The standard InChI is InChI=1S/C15H12BrFN2OS/c1-8-4-2-7-11(12(8)14(18)21)19-15(20)9-5-3-6-10(17)13(9)16/h2-7H,1H3,(H2,18,21)(H,19,20). The van der Waals surface area contributed by atoms with E-state index < -0.39 is 11.7 Å². The number of carbonyl (C=O) groups is 1. The summed E-state index contributed by atoms with van der Waals surface area (Å²) in [5, 5.41) is 2.71. The van der Waals surface area contributed by atoms with Gasteiger partial charge in [-0.3, -0.25) is 4.79 Å². The number of aryl methyl sites for hydroxylation is 1. The lowest BCUT2D eigenvalue weighted by Crippen LogP contribution is -2.19. The lowest BCUT2D eigenvalue weighted by atomic mass is 10.1. The van der Waals surface area contributed by atoms with Gasteiger partial charge in [0.05, 0.1) is 15.7 Å². The molecule has 0 bridgehead atoms. The molecule has 3 N–H and O–H groups in total. The minimum atomic E-state index is -0.499. The van der Waals surface area contributed by atoms with Crippen molar-refractivity contribution < 1.29 is 9.18 Å². The summed E-state index contributed by atoms with van der Waals surface area (Å²) in [6.07, 6.45) is 0. The number of benzene rings is 2.